The number of piperidine rings is 1. The molecule has 184 valence electrons. The number of hydrogen-bond acceptors (Lipinski definition) is 5. The quantitative estimate of drug-likeness (QED) is 0.448. The van der Waals surface area contributed by atoms with Gasteiger partial charge in [-0.05, 0) is 55.7 Å². The first-order chi connectivity index (χ1) is 16.8. The van der Waals surface area contributed by atoms with E-state index < -0.39 is 15.8 Å². The van der Waals surface area contributed by atoms with Crippen molar-refractivity contribution in [2.75, 3.05) is 13.1 Å². The van der Waals surface area contributed by atoms with E-state index in [2.05, 4.69) is 26.4 Å². The molecule has 3 aromatic rings. The Hall–Kier alpha value is -2.82. The van der Waals surface area contributed by atoms with E-state index in [4.69, 9.17) is 4.52 Å². The van der Waals surface area contributed by atoms with Crippen LogP contribution in [0.25, 0.3) is 12.2 Å². The number of hydrogen-bond donors (Lipinski definition) is 1. The van der Waals surface area contributed by atoms with Gasteiger partial charge >= 0.3 is 0 Å². The largest absolute Gasteiger partial charge is 0.355 e. The van der Waals surface area contributed by atoms with Crippen LogP contribution in [0.5, 0.6) is 0 Å². The van der Waals surface area contributed by atoms with Crippen molar-refractivity contribution in [2.24, 2.45) is 5.92 Å². The fraction of sp³-hybridized carbons (Fsp3) is 0.280. The molecule has 0 atom stereocenters. The molecule has 0 bridgehead atoms. The van der Waals surface area contributed by atoms with Crippen LogP contribution in [-0.2, 0) is 21.4 Å². The van der Waals surface area contributed by atoms with Crippen LogP contribution < -0.4 is 5.32 Å². The molecule has 0 spiro atoms. The Labute approximate surface area is 212 Å². The third-order valence-corrected chi connectivity index (χ3v) is 8.54. The number of halogens is 2. The Morgan fingerprint density at radius 1 is 1.17 bits per heavy atom. The minimum atomic E-state index is -3.91. The zero-order chi connectivity index (χ0) is 25.0. The first-order valence-electron chi connectivity index (χ1n) is 11.2. The Kier molecular flexibility index (Phi) is 7.83. The fourth-order valence-corrected chi connectivity index (χ4v) is 5.98. The number of aromatic nitrogens is 1. The first kappa shape index (κ1) is 25.3. The van der Waals surface area contributed by atoms with Crippen molar-refractivity contribution < 1.29 is 22.1 Å². The third-order valence-electron chi connectivity index (χ3n) is 5.96. The molecule has 7 nitrogen and oxygen atoms in total. The molecule has 1 aliphatic rings. The van der Waals surface area contributed by atoms with Crippen LogP contribution in [0.15, 0.2) is 62.4 Å². The van der Waals surface area contributed by atoms with E-state index in [1.165, 1.54) is 22.5 Å². The number of amides is 1. The zero-order valence-corrected chi connectivity index (χ0v) is 21.5. The maximum absolute atomic E-state index is 13.9. The van der Waals surface area contributed by atoms with Crippen LogP contribution in [0.2, 0.25) is 0 Å². The standard InChI is InChI=1S/C25H25BrFN3O4S/c1-17-24(23(34-29-17)11-8-19-4-2-3-5-22(19)27)35(32,33)30-14-12-20(13-15-30)25(31)28-16-18-6-9-21(26)10-7-18/h2-11,20H,12-16H2,1H3,(H,28,31). The van der Waals surface area contributed by atoms with Crippen LogP contribution in [-0.4, -0.2) is 36.9 Å². The van der Waals surface area contributed by atoms with Crippen molar-refractivity contribution >= 4 is 44.0 Å². The van der Waals surface area contributed by atoms with Crippen molar-refractivity contribution in [3.8, 4) is 0 Å². The number of benzene rings is 2. The number of sulfonamides is 1. The van der Waals surface area contributed by atoms with Gasteiger partial charge in [-0.25, -0.2) is 12.8 Å². The molecule has 1 amide bonds. The minimum Gasteiger partial charge on any atom is -0.355 e. The van der Waals surface area contributed by atoms with Crippen molar-refractivity contribution in [2.45, 2.75) is 31.2 Å². The first-order valence-corrected chi connectivity index (χ1v) is 13.4. The summed E-state index contributed by atoms with van der Waals surface area (Å²) in [7, 11) is -3.91. The highest BCUT2D eigenvalue weighted by molar-refractivity contribution is 9.10. The normalized spacial score (nSPS) is 15.5. The average Bonchev–Trinajstić information content (AvgIpc) is 3.24. The summed E-state index contributed by atoms with van der Waals surface area (Å²) in [5, 5.41) is 6.76. The highest BCUT2D eigenvalue weighted by Gasteiger charge is 2.35. The van der Waals surface area contributed by atoms with Gasteiger partial charge in [0.25, 0.3) is 0 Å². The second-order valence-corrected chi connectivity index (χ2v) is 11.1. The molecular formula is C25H25BrFN3O4S. The number of carbonyl (C=O) groups excluding carboxylic acids is 1. The number of nitrogens with one attached hydrogen (secondary N) is 1. The molecule has 1 fully saturated rings. The van der Waals surface area contributed by atoms with Crippen molar-refractivity contribution in [3.63, 3.8) is 0 Å². The maximum Gasteiger partial charge on any atom is 0.248 e. The van der Waals surface area contributed by atoms with Gasteiger partial charge in [0.2, 0.25) is 15.9 Å². The Morgan fingerprint density at radius 2 is 1.86 bits per heavy atom. The molecule has 1 saturated heterocycles. The Morgan fingerprint density at radius 3 is 2.54 bits per heavy atom. The van der Waals surface area contributed by atoms with E-state index in [1.807, 2.05) is 24.3 Å². The minimum absolute atomic E-state index is 0.0387. The van der Waals surface area contributed by atoms with Crippen LogP contribution in [0.3, 0.4) is 0 Å². The summed E-state index contributed by atoms with van der Waals surface area (Å²) in [6.45, 7) is 2.39. The smallest absolute Gasteiger partial charge is 0.248 e. The molecule has 1 N–H and O–H groups in total. The van der Waals surface area contributed by atoms with Gasteiger partial charge in [0.1, 0.15) is 11.5 Å². The lowest BCUT2D eigenvalue weighted by atomic mass is 9.97. The monoisotopic (exact) mass is 561 g/mol. The van der Waals surface area contributed by atoms with Gasteiger partial charge in [-0.15, -0.1) is 0 Å². The maximum atomic E-state index is 13.9. The fourth-order valence-electron chi connectivity index (χ4n) is 4.00. The van der Waals surface area contributed by atoms with Crippen LogP contribution >= 0.6 is 15.9 Å². The number of carbonyl (C=O) groups is 1. The van der Waals surface area contributed by atoms with Gasteiger partial charge in [0, 0.05) is 35.6 Å². The van der Waals surface area contributed by atoms with Gasteiger partial charge in [-0.2, -0.15) is 4.31 Å². The van der Waals surface area contributed by atoms with Gasteiger partial charge in [0.15, 0.2) is 10.7 Å². The lowest BCUT2D eigenvalue weighted by Crippen LogP contribution is -2.43. The molecule has 2 heterocycles. The van der Waals surface area contributed by atoms with E-state index in [-0.39, 0.29) is 41.3 Å². The lowest BCUT2D eigenvalue weighted by molar-refractivity contribution is -0.126. The van der Waals surface area contributed by atoms with E-state index in [0.29, 0.717) is 24.9 Å². The molecule has 35 heavy (non-hydrogen) atoms. The second-order valence-electron chi connectivity index (χ2n) is 8.34. The zero-order valence-electron chi connectivity index (χ0n) is 19.1. The van der Waals surface area contributed by atoms with E-state index >= 15 is 0 Å². The van der Waals surface area contributed by atoms with Crippen molar-refractivity contribution in [1.82, 2.24) is 14.8 Å². The van der Waals surface area contributed by atoms with Gasteiger partial charge < -0.3 is 9.84 Å². The Balaban J connectivity index is 1.41. The predicted molar refractivity (Wildman–Crippen MR) is 134 cm³/mol. The van der Waals surface area contributed by atoms with E-state index in [1.54, 1.807) is 25.1 Å². The van der Waals surface area contributed by atoms with Gasteiger partial charge in [-0.1, -0.05) is 51.4 Å². The second kappa shape index (κ2) is 10.8. The van der Waals surface area contributed by atoms with Crippen LogP contribution in [0.4, 0.5) is 4.39 Å². The number of rotatable bonds is 7. The van der Waals surface area contributed by atoms with Crippen molar-refractivity contribution in [3.05, 3.63) is 81.4 Å². The molecule has 0 radical (unpaired) electrons. The number of aryl methyl sites for hydroxylation is 1. The lowest BCUT2D eigenvalue weighted by Gasteiger charge is -2.30. The molecule has 10 heteroatoms. The summed E-state index contributed by atoms with van der Waals surface area (Å²) in [4.78, 5) is 12.6. The molecule has 0 aliphatic carbocycles. The topological polar surface area (TPSA) is 92.5 Å². The van der Waals surface area contributed by atoms with Crippen LogP contribution in [0, 0.1) is 18.7 Å². The van der Waals surface area contributed by atoms with E-state index in [9.17, 15) is 17.6 Å². The summed E-state index contributed by atoms with van der Waals surface area (Å²) < 4.78 is 48.3. The van der Waals surface area contributed by atoms with Crippen molar-refractivity contribution in [1.29, 1.82) is 0 Å². The molecule has 2 aromatic carbocycles. The molecule has 0 unspecified atom stereocenters. The highest BCUT2D eigenvalue weighted by Crippen LogP contribution is 2.29. The van der Waals surface area contributed by atoms with E-state index in [0.717, 1.165) is 10.0 Å². The molecule has 1 aliphatic heterocycles. The molecular weight excluding hydrogens is 537 g/mol. The summed E-state index contributed by atoms with van der Waals surface area (Å²) in [5.41, 5.74) is 1.52. The molecule has 1 aromatic heterocycles. The number of nitrogens with zero attached hydrogens (tertiary/aromatic N) is 2. The summed E-state index contributed by atoms with van der Waals surface area (Å²) in [6, 6.07) is 13.8. The van der Waals surface area contributed by atoms with Crippen LogP contribution in [0.1, 0.15) is 35.4 Å². The summed E-state index contributed by atoms with van der Waals surface area (Å²) >= 11 is 3.39. The summed E-state index contributed by atoms with van der Waals surface area (Å²) in [6.07, 6.45) is 3.69. The predicted octanol–water partition coefficient (Wildman–Crippen LogP) is 4.77. The molecule has 4 rings (SSSR count). The average molecular weight is 562 g/mol. The summed E-state index contributed by atoms with van der Waals surface area (Å²) in [5.74, 6) is -0.731. The Bertz CT molecular complexity index is 1330. The van der Waals surface area contributed by atoms with Gasteiger partial charge in [-0.3, -0.25) is 4.79 Å². The third kappa shape index (κ3) is 5.88. The highest BCUT2D eigenvalue weighted by atomic mass is 79.9. The molecule has 0 saturated carbocycles. The van der Waals surface area contributed by atoms with Gasteiger partial charge in [0.05, 0.1) is 0 Å². The SMILES string of the molecule is Cc1noc(C=Cc2ccccc2F)c1S(=O)(=O)N1CCC(C(=O)NCc2ccc(Br)cc2)CC1.